The van der Waals surface area contributed by atoms with Gasteiger partial charge in [0.05, 0.1) is 30.1 Å². The molecule has 34 heavy (non-hydrogen) atoms. The first-order chi connectivity index (χ1) is 16.4. The highest BCUT2D eigenvalue weighted by Crippen LogP contribution is 2.36. The van der Waals surface area contributed by atoms with Gasteiger partial charge in [0, 0.05) is 17.7 Å². The number of hydrogen-bond donors (Lipinski definition) is 2. The average molecular weight is 527 g/mol. The molecule has 0 saturated heterocycles. The summed E-state index contributed by atoms with van der Waals surface area (Å²) in [7, 11) is 2.96. The first-order valence-electron chi connectivity index (χ1n) is 10.8. The van der Waals surface area contributed by atoms with Crippen LogP contribution in [0.15, 0.2) is 65.1 Å². The molecule has 7 nitrogen and oxygen atoms in total. The molecule has 2 N–H and O–H groups in total. The minimum Gasteiger partial charge on any atom is -0.494 e. The number of benzene rings is 3. The molecule has 0 saturated carbocycles. The average Bonchev–Trinajstić information content (AvgIpc) is 2.84. The van der Waals surface area contributed by atoms with Crippen molar-refractivity contribution in [3.63, 3.8) is 0 Å². The van der Waals surface area contributed by atoms with Crippen LogP contribution in [0, 0.1) is 0 Å². The standard InChI is InChI=1S/C26H27BrN2O5/c1-4-8-17-11-12-22(19(27)13-17)34-16-25(30)28-20-14-24(33-3)21(15-23(20)32-2)29-26(31)18-9-6-5-7-10-18/h5-7,9-15H,4,8,16H2,1-3H3,(H,28,30)(H,29,31). The molecule has 0 atom stereocenters. The molecule has 0 bridgehead atoms. The zero-order valence-electron chi connectivity index (χ0n) is 19.3. The van der Waals surface area contributed by atoms with E-state index in [1.165, 1.54) is 19.8 Å². The molecule has 3 aromatic rings. The fourth-order valence-corrected chi connectivity index (χ4v) is 3.85. The van der Waals surface area contributed by atoms with Crippen molar-refractivity contribution in [2.45, 2.75) is 19.8 Å². The number of nitrogens with one attached hydrogen (secondary N) is 2. The highest BCUT2D eigenvalue weighted by molar-refractivity contribution is 9.10. The molecule has 3 rings (SSSR count). The van der Waals surface area contributed by atoms with E-state index in [4.69, 9.17) is 14.2 Å². The monoisotopic (exact) mass is 526 g/mol. The Balaban J connectivity index is 1.70. The number of halogens is 1. The van der Waals surface area contributed by atoms with E-state index in [0.717, 1.165) is 17.3 Å². The molecule has 178 valence electrons. The van der Waals surface area contributed by atoms with Crippen molar-refractivity contribution in [1.29, 1.82) is 0 Å². The Hall–Kier alpha value is -3.52. The Morgan fingerprint density at radius 1 is 0.853 bits per heavy atom. The van der Waals surface area contributed by atoms with Crippen molar-refractivity contribution in [3.05, 3.63) is 76.3 Å². The number of hydrogen-bond acceptors (Lipinski definition) is 5. The van der Waals surface area contributed by atoms with Crippen molar-refractivity contribution in [1.82, 2.24) is 0 Å². The van der Waals surface area contributed by atoms with Crippen LogP contribution in [0.3, 0.4) is 0 Å². The Morgan fingerprint density at radius 2 is 1.50 bits per heavy atom. The van der Waals surface area contributed by atoms with Gasteiger partial charge in [-0.3, -0.25) is 9.59 Å². The molecule has 0 aliphatic heterocycles. The van der Waals surface area contributed by atoms with Crippen molar-refractivity contribution in [3.8, 4) is 17.2 Å². The van der Waals surface area contributed by atoms with Crippen molar-refractivity contribution in [2.24, 2.45) is 0 Å². The van der Waals surface area contributed by atoms with Crippen LogP contribution in [-0.4, -0.2) is 32.6 Å². The smallest absolute Gasteiger partial charge is 0.262 e. The molecule has 0 unspecified atom stereocenters. The summed E-state index contributed by atoms with van der Waals surface area (Å²) in [6.45, 7) is 1.93. The predicted octanol–water partition coefficient (Wildman–Crippen LogP) is 5.69. The van der Waals surface area contributed by atoms with Gasteiger partial charge in [-0.25, -0.2) is 0 Å². The van der Waals surface area contributed by atoms with Crippen molar-refractivity contribution >= 4 is 39.1 Å². The lowest BCUT2D eigenvalue weighted by molar-refractivity contribution is -0.118. The van der Waals surface area contributed by atoms with Crippen LogP contribution in [0.1, 0.15) is 29.3 Å². The molecule has 0 aliphatic carbocycles. The van der Waals surface area contributed by atoms with Crippen LogP contribution in [0.5, 0.6) is 17.2 Å². The molecule has 8 heteroatoms. The van der Waals surface area contributed by atoms with Crippen LogP contribution in [0.4, 0.5) is 11.4 Å². The van der Waals surface area contributed by atoms with Gasteiger partial charge >= 0.3 is 0 Å². The fraction of sp³-hybridized carbons (Fsp3) is 0.231. The van der Waals surface area contributed by atoms with Crippen molar-refractivity contribution < 1.29 is 23.8 Å². The minimum absolute atomic E-state index is 0.191. The summed E-state index contributed by atoms with van der Waals surface area (Å²) in [5.74, 6) is 0.657. The first-order valence-corrected chi connectivity index (χ1v) is 11.6. The quantitative estimate of drug-likeness (QED) is 0.354. The molecule has 0 aliphatic rings. The lowest BCUT2D eigenvalue weighted by Gasteiger charge is -2.16. The Kier molecular flexibility index (Phi) is 8.93. The Bertz CT molecular complexity index is 1150. The number of methoxy groups -OCH3 is 2. The maximum Gasteiger partial charge on any atom is 0.262 e. The number of anilines is 2. The fourth-order valence-electron chi connectivity index (χ4n) is 3.31. The molecular formula is C26H27BrN2O5. The summed E-state index contributed by atoms with van der Waals surface area (Å²) in [5.41, 5.74) is 2.51. The molecule has 3 aromatic carbocycles. The van der Waals surface area contributed by atoms with E-state index >= 15 is 0 Å². The molecule has 0 radical (unpaired) electrons. The van der Waals surface area contributed by atoms with Gasteiger partial charge in [-0.1, -0.05) is 37.6 Å². The van der Waals surface area contributed by atoms with E-state index in [1.54, 1.807) is 36.4 Å². The summed E-state index contributed by atoms with van der Waals surface area (Å²) in [6.07, 6.45) is 2.03. The van der Waals surface area contributed by atoms with Crippen LogP contribution in [-0.2, 0) is 11.2 Å². The van der Waals surface area contributed by atoms with Gasteiger partial charge in [-0.15, -0.1) is 0 Å². The number of aryl methyl sites for hydroxylation is 1. The van der Waals surface area contributed by atoms with Gasteiger partial charge in [0.1, 0.15) is 17.2 Å². The molecule has 0 aromatic heterocycles. The summed E-state index contributed by atoms with van der Waals surface area (Å²) in [6, 6.07) is 17.8. The van der Waals surface area contributed by atoms with Crippen LogP contribution in [0.2, 0.25) is 0 Å². The molecule has 0 fully saturated rings. The summed E-state index contributed by atoms with van der Waals surface area (Å²) >= 11 is 3.49. The van der Waals surface area contributed by atoms with E-state index in [9.17, 15) is 9.59 Å². The lowest BCUT2D eigenvalue weighted by atomic mass is 10.1. The third kappa shape index (κ3) is 6.51. The Labute approximate surface area is 207 Å². The van der Waals surface area contributed by atoms with Crippen molar-refractivity contribution in [2.75, 3.05) is 31.5 Å². The third-order valence-electron chi connectivity index (χ3n) is 4.97. The first kappa shape index (κ1) is 25.1. The zero-order valence-corrected chi connectivity index (χ0v) is 20.9. The predicted molar refractivity (Wildman–Crippen MR) is 136 cm³/mol. The van der Waals surface area contributed by atoms with Gasteiger partial charge in [0.25, 0.3) is 11.8 Å². The molecule has 0 spiro atoms. The lowest BCUT2D eigenvalue weighted by Crippen LogP contribution is -2.21. The normalized spacial score (nSPS) is 10.4. The maximum absolute atomic E-state index is 12.6. The van der Waals surface area contributed by atoms with Gasteiger partial charge < -0.3 is 24.8 Å². The van der Waals surface area contributed by atoms with Gasteiger partial charge in [-0.2, -0.15) is 0 Å². The molecule has 0 heterocycles. The van der Waals surface area contributed by atoms with E-state index in [-0.39, 0.29) is 18.4 Å². The molecular weight excluding hydrogens is 500 g/mol. The van der Waals surface area contributed by atoms with E-state index in [2.05, 4.69) is 33.5 Å². The number of ether oxygens (including phenoxy) is 3. The SMILES string of the molecule is CCCc1ccc(OCC(=O)Nc2cc(OC)c(NC(=O)c3ccccc3)cc2OC)c(Br)c1. The second-order valence-electron chi connectivity index (χ2n) is 7.42. The molecule has 2 amide bonds. The largest absolute Gasteiger partial charge is 0.494 e. The summed E-state index contributed by atoms with van der Waals surface area (Å²) in [5, 5.41) is 5.59. The van der Waals surface area contributed by atoms with Gasteiger partial charge in [0.2, 0.25) is 0 Å². The van der Waals surface area contributed by atoms with Gasteiger partial charge in [-0.05, 0) is 52.2 Å². The van der Waals surface area contributed by atoms with E-state index in [1.807, 2.05) is 24.3 Å². The summed E-state index contributed by atoms with van der Waals surface area (Å²) in [4.78, 5) is 25.1. The van der Waals surface area contributed by atoms with Crippen LogP contribution >= 0.6 is 15.9 Å². The second-order valence-corrected chi connectivity index (χ2v) is 8.28. The third-order valence-corrected chi connectivity index (χ3v) is 5.59. The topological polar surface area (TPSA) is 85.9 Å². The highest BCUT2D eigenvalue weighted by Gasteiger charge is 2.17. The zero-order chi connectivity index (χ0) is 24.5. The number of amides is 2. The Morgan fingerprint density at radius 3 is 2.09 bits per heavy atom. The van der Waals surface area contributed by atoms with E-state index in [0.29, 0.717) is 34.2 Å². The maximum atomic E-state index is 12.6. The van der Waals surface area contributed by atoms with Crippen LogP contribution in [0.25, 0.3) is 0 Å². The summed E-state index contributed by atoms with van der Waals surface area (Å²) < 4.78 is 17.3. The number of rotatable bonds is 10. The number of carbonyl (C=O) groups excluding carboxylic acids is 2. The second kappa shape index (κ2) is 12.1. The number of carbonyl (C=O) groups is 2. The van der Waals surface area contributed by atoms with Gasteiger partial charge in [0.15, 0.2) is 6.61 Å². The van der Waals surface area contributed by atoms with Crippen LogP contribution < -0.4 is 24.8 Å². The van der Waals surface area contributed by atoms with E-state index < -0.39 is 0 Å². The highest BCUT2D eigenvalue weighted by atomic mass is 79.9. The minimum atomic E-state index is -0.369.